The van der Waals surface area contributed by atoms with Gasteiger partial charge in [0.05, 0.1) is 6.61 Å². The molecule has 0 aliphatic heterocycles. The van der Waals surface area contributed by atoms with E-state index in [0.717, 1.165) is 17.1 Å². The highest BCUT2D eigenvalue weighted by Gasteiger charge is 1.99. The zero-order valence-corrected chi connectivity index (χ0v) is 10.8. The van der Waals surface area contributed by atoms with Gasteiger partial charge in [-0.3, -0.25) is 0 Å². The van der Waals surface area contributed by atoms with E-state index < -0.39 is 0 Å². The van der Waals surface area contributed by atoms with Crippen molar-refractivity contribution in [2.24, 2.45) is 0 Å². The van der Waals surface area contributed by atoms with E-state index >= 15 is 0 Å². The average molecular weight is 259 g/mol. The van der Waals surface area contributed by atoms with E-state index in [9.17, 15) is 4.39 Å². The first-order valence-corrected chi connectivity index (χ1v) is 6.46. The lowest BCUT2D eigenvalue weighted by atomic mass is 10.3. The van der Waals surface area contributed by atoms with Gasteiger partial charge >= 0.3 is 0 Å². The van der Waals surface area contributed by atoms with Crippen LogP contribution in [-0.2, 0) is 9.47 Å². The maximum absolute atomic E-state index is 13.0. The lowest BCUT2D eigenvalue weighted by Crippen LogP contribution is -2.02. The van der Waals surface area contributed by atoms with E-state index in [0.29, 0.717) is 25.5 Å². The van der Waals surface area contributed by atoms with E-state index in [2.05, 4.69) is 0 Å². The van der Waals surface area contributed by atoms with E-state index in [4.69, 9.17) is 15.2 Å². The van der Waals surface area contributed by atoms with E-state index in [-0.39, 0.29) is 5.82 Å². The molecule has 0 unspecified atom stereocenters. The molecular formula is C12H18FNO2S. The van der Waals surface area contributed by atoms with Crippen LogP contribution >= 0.6 is 11.8 Å². The summed E-state index contributed by atoms with van der Waals surface area (Å²) in [5.74, 6) is 0.490. The molecule has 0 atom stereocenters. The normalized spacial score (nSPS) is 10.7. The Hall–Kier alpha value is -0.780. The van der Waals surface area contributed by atoms with Gasteiger partial charge in [0.25, 0.3) is 0 Å². The minimum Gasteiger partial charge on any atom is -0.399 e. The number of anilines is 1. The highest BCUT2D eigenvalue weighted by molar-refractivity contribution is 7.99. The summed E-state index contributed by atoms with van der Waals surface area (Å²) in [6.45, 7) is 2.05. The van der Waals surface area contributed by atoms with E-state index in [1.54, 1.807) is 13.2 Å². The van der Waals surface area contributed by atoms with Gasteiger partial charge in [-0.25, -0.2) is 4.39 Å². The lowest BCUT2D eigenvalue weighted by Gasteiger charge is -2.05. The first-order valence-electron chi connectivity index (χ1n) is 5.48. The number of nitrogen functional groups attached to an aromatic ring is 1. The summed E-state index contributed by atoms with van der Waals surface area (Å²) < 4.78 is 23.3. The van der Waals surface area contributed by atoms with Crippen molar-refractivity contribution in [1.29, 1.82) is 0 Å². The number of halogens is 1. The number of hydrogen-bond acceptors (Lipinski definition) is 4. The topological polar surface area (TPSA) is 44.5 Å². The molecule has 0 bridgehead atoms. The molecule has 5 heteroatoms. The van der Waals surface area contributed by atoms with Crippen LogP contribution < -0.4 is 5.73 Å². The Bertz CT molecular complexity index is 316. The fraction of sp³-hybridized carbons (Fsp3) is 0.500. The second-order valence-electron chi connectivity index (χ2n) is 3.53. The Morgan fingerprint density at radius 3 is 2.76 bits per heavy atom. The summed E-state index contributed by atoms with van der Waals surface area (Å²) in [5, 5.41) is 0. The van der Waals surface area contributed by atoms with Crippen molar-refractivity contribution < 1.29 is 13.9 Å². The number of thioether (sulfide) groups is 1. The highest BCUT2D eigenvalue weighted by atomic mass is 32.2. The number of benzene rings is 1. The fourth-order valence-electron chi connectivity index (χ4n) is 1.29. The predicted molar refractivity (Wildman–Crippen MR) is 68.8 cm³/mol. The molecule has 0 aromatic heterocycles. The first-order chi connectivity index (χ1) is 8.22. The molecule has 0 saturated heterocycles. The quantitative estimate of drug-likeness (QED) is 0.443. The van der Waals surface area contributed by atoms with Crippen LogP contribution in [0.4, 0.5) is 10.1 Å². The van der Waals surface area contributed by atoms with Crippen molar-refractivity contribution in [2.45, 2.75) is 11.3 Å². The molecule has 0 fully saturated rings. The van der Waals surface area contributed by atoms with Gasteiger partial charge in [-0.15, -0.1) is 11.8 Å². The average Bonchev–Trinajstić information content (AvgIpc) is 2.26. The fourth-order valence-corrected chi connectivity index (χ4v) is 2.15. The van der Waals surface area contributed by atoms with Gasteiger partial charge in [0.1, 0.15) is 5.82 Å². The molecule has 0 aliphatic carbocycles. The lowest BCUT2D eigenvalue weighted by molar-refractivity contribution is 0.113. The Kier molecular flexibility index (Phi) is 7.00. The Morgan fingerprint density at radius 1 is 1.24 bits per heavy atom. The third kappa shape index (κ3) is 6.51. The summed E-state index contributed by atoms with van der Waals surface area (Å²) >= 11 is 1.54. The molecule has 17 heavy (non-hydrogen) atoms. The molecule has 1 aromatic rings. The van der Waals surface area contributed by atoms with E-state index in [1.165, 1.54) is 23.9 Å². The van der Waals surface area contributed by atoms with Crippen molar-refractivity contribution in [3.05, 3.63) is 24.0 Å². The van der Waals surface area contributed by atoms with Crippen LogP contribution in [0.15, 0.2) is 23.1 Å². The molecule has 2 N–H and O–H groups in total. The number of hydrogen-bond donors (Lipinski definition) is 1. The van der Waals surface area contributed by atoms with Gasteiger partial charge in [-0.05, 0) is 24.6 Å². The van der Waals surface area contributed by atoms with Crippen LogP contribution in [0.1, 0.15) is 6.42 Å². The van der Waals surface area contributed by atoms with Crippen LogP contribution in [0.5, 0.6) is 0 Å². The summed E-state index contributed by atoms with van der Waals surface area (Å²) in [6.07, 6.45) is 0.897. The molecule has 0 aliphatic rings. The Labute approximate surface area is 105 Å². The molecule has 96 valence electrons. The molecule has 0 amide bonds. The highest BCUT2D eigenvalue weighted by Crippen LogP contribution is 2.21. The first kappa shape index (κ1) is 14.3. The number of rotatable bonds is 8. The second-order valence-corrected chi connectivity index (χ2v) is 4.70. The largest absolute Gasteiger partial charge is 0.399 e. The maximum Gasteiger partial charge on any atom is 0.126 e. The molecule has 1 rings (SSSR count). The second kappa shape index (κ2) is 8.33. The smallest absolute Gasteiger partial charge is 0.126 e. The molecule has 0 radical (unpaired) electrons. The third-order valence-corrected chi connectivity index (χ3v) is 2.97. The van der Waals surface area contributed by atoms with Crippen molar-refractivity contribution in [2.75, 3.05) is 38.4 Å². The van der Waals surface area contributed by atoms with Gasteiger partial charge in [-0.1, -0.05) is 0 Å². The Balaban J connectivity index is 2.13. The Morgan fingerprint density at radius 2 is 2.06 bits per heavy atom. The SMILES string of the molecule is COCCCOCCSc1cc(N)cc(F)c1. The zero-order valence-electron chi connectivity index (χ0n) is 9.95. The molecule has 0 spiro atoms. The van der Waals surface area contributed by atoms with Gasteiger partial charge in [0.2, 0.25) is 0 Å². The monoisotopic (exact) mass is 259 g/mol. The molecule has 0 heterocycles. The van der Waals surface area contributed by atoms with Gasteiger partial charge in [-0.2, -0.15) is 0 Å². The van der Waals surface area contributed by atoms with Crippen molar-refractivity contribution in [3.8, 4) is 0 Å². The maximum atomic E-state index is 13.0. The number of nitrogens with two attached hydrogens (primary N) is 1. The van der Waals surface area contributed by atoms with E-state index in [1.807, 2.05) is 0 Å². The summed E-state index contributed by atoms with van der Waals surface area (Å²) in [4.78, 5) is 0.836. The van der Waals surface area contributed by atoms with Gasteiger partial charge in [0, 0.05) is 36.7 Å². The van der Waals surface area contributed by atoms with Crippen LogP contribution in [-0.4, -0.2) is 32.7 Å². The van der Waals surface area contributed by atoms with Crippen LogP contribution in [0.2, 0.25) is 0 Å². The standard InChI is InChI=1S/C12H18FNO2S/c1-15-3-2-4-16-5-6-17-12-8-10(13)7-11(14)9-12/h7-9H,2-6,14H2,1H3. The molecule has 0 saturated carbocycles. The zero-order chi connectivity index (χ0) is 12.5. The van der Waals surface area contributed by atoms with Crippen molar-refractivity contribution in [1.82, 2.24) is 0 Å². The van der Waals surface area contributed by atoms with Crippen LogP contribution in [0, 0.1) is 5.82 Å². The van der Waals surface area contributed by atoms with Crippen LogP contribution in [0.25, 0.3) is 0 Å². The third-order valence-electron chi connectivity index (χ3n) is 2.03. The summed E-state index contributed by atoms with van der Waals surface area (Å²) in [6, 6.07) is 4.55. The van der Waals surface area contributed by atoms with Gasteiger partial charge < -0.3 is 15.2 Å². The van der Waals surface area contributed by atoms with Crippen LogP contribution in [0.3, 0.4) is 0 Å². The predicted octanol–water partition coefficient (Wildman–Crippen LogP) is 2.55. The van der Waals surface area contributed by atoms with Crippen molar-refractivity contribution in [3.63, 3.8) is 0 Å². The summed E-state index contributed by atoms with van der Waals surface area (Å²) in [5.41, 5.74) is 6.00. The molecule has 1 aromatic carbocycles. The number of methoxy groups -OCH3 is 1. The minimum atomic E-state index is -0.298. The van der Waals surface area contributed by atoms with Gasteiger partial charge in [0.15, 0.2) is 0 Å². The molecule has 3 nitrogen and oxygen atoms in total. The minimum absolute atomic E-state index is 0.298. The molecular weight excluding hydrogens is 241 g/mol. The summed E-state index contributed by atoms with van der Waals surface area (Å²) in [7, 11) is 1.67. The van der Waals surface area contributed by atoms with Crippen molar-refractivity contribution >= 4 is 17.4 Å². The number of ether oxygens (including phenoxy) is 2.